The maximum Gasteiger partial charge on any atom is 0.408 e. The Morgan fingerprint density at radius 2 is 1.81 bits per heavy atom. The SMILES string of the molecule is CCC(CC)(CNC(=NC)NCc1cccc(OCC(N)=O)c1)NC(=O)OC(C)(C)C. The number of primary amides is 1. The molecule has 0 aliphatic heterocycles. The van der Waals surface area contributed by atoms with Gasteiger partial charge in [-0.1, -0.05) is 26.0 Å². The van der Waals surface area contributed by atoms with Gasteiger partial charge in [0.1, 0.15) is 11.4 Å². The maximum atomic E-state index is 12.3. The second-order valence-electron chi connectivity index (χ2n) is 8.30. The summed E-state index contributed by atoms with van der Waals surface area (Å²) in [6, 6.07) is 7.37. The highest BCUT2D eigenvalue weighted by Gasteiger charge is 2.30. The third-order valence-electron chi connectivity index (χ3n) is 4.68. The van der Waals surface area contributed by atoms with Crippen LogP contribution in [-0.4, -0.2) is 49.3 Å². The van der Waals surface area contributed by atoms with Crippen molar-refractivity contribution in [3.05, 3.63) is 29.8 Å². The molecule has 0 aromatic heterocycles. The van der Waals surface area contributed by atoms with E-state index in [0.717, 1.165) is 18.4 Å². The van der Waals surface area contributed by atoms with Gasteiger partial charge >= 0.3 is 6.09 Å². The van der Waals surface area contributed by atoms with Crippen molar-refractivity contribution in [3.63, 3.8) is 0 Å². The molecular weight excluding hydrogens is 398 g/mol. The molecule has 0 aliphatic carbocycles. The highest BCUT2D eigenvalue weighted by Crippen LogP contribution is 2.16. The summed E-state index contributed by atoms with van der Waals surface area (Å²) in [4.78, 5) is 27.4. The smallest absolute Gasteiger partial charge is 0.408 e. The first-order chi connectivity index (χ1) is 14.5. The monoisotopic (exact) mass is 435 g/mol. The molecule has 0 atom stereocenters. The standard InChI is InChI=1S/C22H37N5O4/c1-7-22(8-2,27-20(29)31-21(3,4)5)15-26-19(24-6)25-13-16-10-9-11-17(12-16)30-14-18(23)28/h9-12H,7-8,13-15H2,1-6H3,(H2,23,28)(H,27,29)(H2,24,25,26). The van der Waals surface area contributed by atoms with Gasteiger partial charge in [0, 0.05) is 20.1 Å². The van der Waals surface area contributed by atoms with Crippen molar-refractivity contribution < 1.29 is 19.1 Å². The van der Waals surface area contributed by atoms with Gasteiger partial charge in [-0.25, -0.2) is 4.79 Å². The van der Waals surface area contributed by atoms with Crippen LogP contribution >= 0.6 is 0 Å². The largest absolute Gasteiger partial charge is 0.484 e. The van der Waals surface area contributed by atoms with Crippen LogP contribution in [0.1, 0.15) is 53.0 Å². The predicted molar refractivity (Wildman–Crippen MR) is 122 cm³/mol. The van der Waals surface area contributed by atoms with E-state index in [1.54, 1.807) is 13.1 Å². The zero-order valence-corrected chi connectivity index (χ0v) is 19.5. The fourth-order valence-electron chi connectivity index (χ4n) is 2.80. The number of amides is 2. The molecule has 0 saturated carbocycles. The van der Waals surface area contributed by atoms with E-state index < -0.39 is 23.1 Å². The van der Waals surface area contributed by atoms with Gasteiger partial charge in [-0.05, 0) is 51.3 Å². The van der Waals surface area contributed by atoms with Crippen LogP contribution in [0.3, 0.4) is 0 Å². The van der Waals surface area contributed by atoms with Crippen molar-refractivity contribution in [2.24, 2.45) is 10.7 Å². The van der Waals surface area contributed by atoms with Crippen LogP contribution in [-0.2, 0) is 16.1 Å². The Hall–Kier alpha value is -2.97. The van der Waals surface area contributed by atoms with Gasteiger partial charge in [0.15, 0.2) is 12.6 Å². The first-order valence-corrected chi connectivity index (χ1v) is 10.5. The van der Waals surface area contributed by atoms with Gasteiger partial charge in [0.25, 0.3) is 5.91 Å². The number of rotatable bonds is 10. The average Bonchev–Trinajstić information content (AvgIpc) is 2.70. The molecule has 174 valence electrons. The van der Waals surface area contributed by atoms with Crippen LogP contribution in [0.4, 0.5) is 4.79 Å². The van der Waals surface area contributed by atoms with Crippen molar-refractivity contribution in [2.45, 2.75) is 65.1 Å². The molecule has 0 unspecified atom stereocenters. The highest BCUT2D eigenvalue weighted by molar-refractivity contribution is 5.80. The Labute approximate surface area is 185 Å². The number of hydrogen-bond donors (Lipinski definition) is 4. The quantitative estimate of drug-likeness (QED) is 0.330. The minimum Gasteiger partial charge on any atom is -0.484 e. The number of nitrogens with one attached hydrogen (secondary N) is 3. The molecule has 0 saturated heterocycles. The summed E-state index contributed by atoms with van der Waals surface area (Å²) in [5.74, 6) is 0.641. The summed E-state index contributed by atoms with van der Waals surface area (Å²) in [7, 11) is 1.68. The molecule has 2 amide bonds. The van der Waals surface area contributed by atoms with Crippen molar-refractivity contribution in [1.82, 2.24) is 16.0 Å². The molecular formula is C22H37N5O4. The number of ether oxygens (including phenoxy) is 2. The van der Waals surface area contributed by atoms with Crippen LogP contribution < -0.4 is 26.4 Å². The van der Waals surface area contributed by atoms with E-state index in [9.17, 15) is 9.59 Å². The second kappa shape index (κ2) is 12.0. The summed E-state index contributed by atoms with van der Waals surface area (Å²) in [5, 5.41) is 9.53. The molecule has 0 spiro atoms. The van der Waals surface area contributed by atoms with Gasteiger partial charge in [-0.3, -0.25) is 9.79 Å². The van der Waals surface area contributed by atoms with Gasteiger partial charge in [0.2, 0.25) is 0 Å². The van der Waals surface area contributed by atoms with E-state index in [-0.39, 0.29) is 6.61 Å². The van der Waals surface area contributed by atoms with Crippen LogP contribution in [0, 0.1) is 0 Å². The van der Waals surface area contributed by atoms with Crippen LogP contribution in [0.25, 0.3) is 0 Å². The van der Waals surface area contributed by atoms with Gasteiger partial charge < -0.3 is 31.2 Å². The first kappa shape index (κ1) is 26.1. The van der Waals surface area contributed by atoms with E-state index in [1.165, 1.54) is 0 Å². The minimum atomic E-state index is -0.558. The predicted octanol–water partition coefficient (Wildman–Crippen LogP) is 2.30. The second-order valence-corrected chi connectivity index (χ2v) is 8.30. The van der Waals surface area contributed by atoms with Crippen LogP contribution in [0.15, 0.2) is 29.3 Å². The Balaban J connectivity index is 2.67. The summed E-state index contributed by atoms with van der Waals surface area (Å²) in [6.45, 7) is 10.4. The van der Waals surface area contributed by atoms with Crippen molar-refractivity contribution >= 4 is 18.0 Å². The lowest BCUT2D eigenvalue weighted by molar-refractivity contribution is -0.119. The zero-order valence-electron chi connectivity index (χ0n) is 19.5. The summed E-state index contributed by atoms with van der Waals surface area (Å²) >= 11 is 0. The van der Waals surface area contributed by atoms with Gasteiger partial charge in [-0.15, -0.1) is 0 Å². The van der Waals surface area contributed by atoms with Crippen molar-refractivity contribution in [2.75, 3.05) is 20.2 Å². The van der Waals surface area contributed by atoms with E-state index in [4.69, 9.17) is 15.2 Å². The van der Waals surface area contributed by atoms with Gasteiger partial charge in [0.05, 0.1) is 5.54 Å². The van der Waals surface area contributed by atoms with Crippen LogP contribution in [0.2, 0.25) is 0 Å². The highest BCUT2D eigenvalue weighted by atomic mass is 16.6. The number of benzene rings is 1. The number of alkyl carbamates (subject to hydrolysis) is 1. The maximum absolute atomic E-state index is 12.3. The van der Waals surface area contributed by atoms with E-state index in [2.05, 4.69) is 20.9 Å². The molecule has 0 aliphatic rings. The number of carbonyl (C=O) groups excluding carboxylic acids is 2. The van der Waals surface area contributed by atoms with Crippen molar-refractivity contribution in [3.8, 4) is 5.75 Å². The summed E-state index contributed by atoms with van der Waals surface area (Å²) in [6.07, 6.45) is 1.02. The van der Waals surface area contributed by atoms with Crippen molar-refractivity contribution in [1.29, 1.82) is 0 Å². The van der Waals surface area contributed by atoms with E-state index in [1.807, 2.05) is 52.8 Å². The molecule has 1 aromatic carbocycles. The minimum absolute atomic E-state index is 0.166. The molecule has 0 heterocycles. The number of hydrogen-bond acceptors (Lipinski definition) is 5. The van der Waals surface area contributed by atoms with E-state index in [0.29, 0.717) is 24.8 Å². The Kier molecular flexibility index (Phi) is 10.1. The molecule has 31 heavy (non-hydrogen) atoms. The molecule has 9 nitrogen and oxygen atoms in total. The fourth-order valence-corrected chi connectivity index (χ4v) is 2.80. The molecule has 9 heteroatoms. The van der Waals surface area contributed by atoms with Crippen LogP contribution in [0.5, 0.6) is 5.75 Å². The topological polar surface area (TPSA) is 127 Å². The summed E-state index contributed by atoms with van der Waals surface area (Å²) < 4.78 is 10.8. The third-order valence-corrected chi connectivity index (χ3v) is 4.68. The number of guanidine groups is 1. The van der Waals surface area contributed by atoms with E-state index >= 15 is 0 Å². The molecule has 0 radical (unpaired) electrons. The zero-order chi connectivity index (χ0) is 23.5. The molecule has 5 N–H and O–H groups in total. The van der Waals surface area contributed by atoms with Gasteiger partial charge in [-0.2, -0.15) is 0 Å². The normalized spacial score (nSPS) is 12.1. The lowest BCUT2D eigenvalue weighted by Gasteiger charge is -2.34. The fraction of sp³-hybridized carbons (Fsp3) is 0.591. The Bertz CT molecular complexity index is 755. The number of nitrogens with two attached hydrogens (primary N) is 1. The number of nitrogens with zero attached hydrogens (tertiary/aromatic N) is 1. The summed E-state index contributed by atoms with van der Waals surface area (Å²) in [5.41, 5.74) is 5.04. The third kappa shape index (κ3) is 10.1. The lowest BCUT2D eigenvalue weighted by atomic mass is 9.93. The Morgan fingerprint density at radius 1 is 1.13 bits per heavy atom. The molecule has 1 aromatic rings. The molecule has 1 rings (SSSR count). The number of aliphatic imine (C=N–C) groups is 1. The average molecular weight is 436 g/mol. The molecule has 0 fully saturated rings. The molecule has 0 bridgehead atoms. The Morgan fingerprint density at radius 3 is 2.35 bits per heavy atom. The number of carbonyl (C=O) groups is 2. The first-order valence-electron chi connectivity index (χ1n) is 10.5. The lowest BCUT2D eigenvalue weighted by Crippen LogP contribution is -2.57.